The number of rotatable bonds is 6. The predicted molar refractivity (Wildman–Crippen MR) is 84.8 cm³/mol. The summed E-state index contributed by atoms with van der Waals surface area (Å²) in [6.45, 7) is 5.43. The van der Waals surface area contributed by atoms with Gasteiger partial charge in [0.05, 0.1) is 23.9 Å². The number of fused-ring (bicyclic) bond motifs is 1. The predicted octanol–water partition coefficient (Wildman–Crippen LogP) is 4.14. The molecule has 0 amide bonds. The fourth-order valence-electron chi connectivity index (χ4n) is 2.22. The first-order valence-corrected chi connectivity index (χ1v) is 7.98. The molecule has 1 N–H and O–H groups in total. The third-order valence-electron chi connectivity index (χ3n) is 3.33. The van der Waals surface area contributed by atoms with Crippen molar-refractivity contribution in [1.29, 1.82) is 0 Å². The van der Waals surface area contributed by atoms with E-state index in [1.165, 1.54) is 0 Å². The Bertz CT molecular complexity index is 706. The molecule has 0 aliphatic carbocycles. The van der Waals surface area contributed by atoms with Gasteiger partial charge in [-0.2, -0.15) is 0 Å². The smallest absolute Gasteiger partial charge is 0.176 e. The van der Waals surface area contributed by atoms with Gasteiger partial charge in [-0.3, -0.25) is 0 Å². The zero-order valence-electron chi connectivity index (χ0n) is 12.1. The quantitative estimate of drug-likeness (QED) is 0.743. The van der Waals surface area contributed by atoms with E-state index >= 15 is 0 Å². The molecule has 110 valence electrons. The van der Waals surface area contributed by atoms with E-state index in [1.807, 2.05) is 36.0 Å². The summed E-state index contributed by atoms with van der Waals surface area (Å²) in [5.74, 6) is 1.71. The average molecular weight is 302 g/mol. The Labute approximate surface area is 127 Å². The van der Waals surface area contributed by atoms with Crippen LogP contribution in [0.15, 0.2) is 39.6 Å². The minimum Gasteiger partial charge on any atom is -0.490 e. The number of furan rings is 1. The van der Waals surface area contributed by atoms with Crippen molar-refractivity contribution >= 4 is 22.3 Å². The Hall–Kier alpha value is -1.85. The van der Waals surface area contributed by atoms with Crippen molar-refractivity contribution in [2.75, 3.05) is 6.61 Å². The second kappa shape index (κ2) is 6.28. The molecule has 0 spiro atoms. The second-order valence-electron chi connectivity index (χ2n) is 4.84. The minimum atomic E-state index is 0.119. The molecule has 0 bridgehead atoms. The lowest BCUT2D eigenvalue weighted by molar-refractivity contribution is 0.336. The van der Waals surface area contributed by atoms with Crippen LogP contribution >= 0.6 is 11.3 Å². The van der Waals surface area contributed by atoms with Crippen molar-refractivity contribution < 1.29 is 9.15 Å². The Morgan fingerprint density at radius 1 is 1.43 bits per heavy atom. The van der Waals surface area contributed by atoms with Crippen LogP contribution < -0.4 is 10.1 Å². The van der Waals surface area contributed by atoms with Crippen LogP contribution in [0.1, 0.15) is 31.3 Å². The summed E-state index contributed by atoms with van der Waals surface area (Å²) in [5.41, 5.74) is 3.71. The highest BCUT2D eigenvalue weighted by atomic mass is 32.1. The Morgan fingerprint density at radius 2 is 2.33 bits per heavy atom. The number of hydrogen-bond acceptors (Lipinski definition) is 5. The molecule has 0 saturated carbocycles. The van der Waals surface area contributed by atoms with Gasteiger partial charge >= 0.3 is 0 Å². The van der Waals surface area contributed by atoms with Crippen LogP contribution in [0.3, 0.4) is 0 Å². The summed E-state index contributed by atoms with van der Waals surface area (Å²) in [6, 6.07) is 8.15. The molecule has 21 heavy (non-hydrogen) atoms. The van der Waals surface area contributed by atoms with Gasteiger partial charge in [-0.05, 0) is 26.0 Å². The van der Waals surface area contributed by atoms with E-state index in [0.717, 1.165) is 34.7 Å². The number of nitrogens with one attached hydrogen (secondary N) is 1. The van der Waals surface area contributed by atoms with E-state index in [1.54, 1.807) is 11.3 Å². The Balaban J connectivity index is 1.78. The molecule has 2 heterocycles. The number of hydrogen-bond donors (Lipinski definition) is 1. The van der Waals surface area contributed by atoms with Gasteiger partial charge in [0.1, 0.15) is 5.76 Å². The Kier molecular flexibility index (Phi) is 4.22. The molecule has 0 radical (unpaired) electrons. The molecular formula is C16H18N2O2S. The van der Waals surface area contributed by atoms with E-state index in [9.17, 15) is 0 Å². The zero-order chi connectivity index (χ0) is 14.7. The fourth-order valence-corrected chi connectivity index (χ4v) is 2.78. The fraction of sp³-hybridized carbons (Fsp3) is 0.312. The molecule has 3 rings (SSSR count). The number of aromatic nitrogens is 1. The van der Waals surface area contributed by atoms with Crippen LogP contribution in [0.2, 0.25) is 0 Å². The largest absolute Gasteiger partial charge is 0.490 e. The molecule has 0 saturated heterocycles. The first-order chi connectivity index (χ1) is 10.3. The summed E-state index contributed by atoms with van der Waals surface area (Å²) in [4.78, 5) is 4.27. The lowest BCUT2D eigenvalue weighted by Crippen LogP contribution is -2.17. The van der Waals surface area contributed by atoms with Crippen LogP contribution in [0.25, 0.3) is 11.0 Å². The van der Waals surface area contributed by atoms with Crippen LogP contribution in [0.5, 0.6) is 5.75 Å². The van der Waals surface area contributed by atoms with Crippen molar-refractivity contribution in [2.45, 2.75) is 26.4 Å². The van der Waals surface area contributed by atoms with Crippen molar-refractivity contribution in [3.63, 3.8) is 0 Å². The number of ether oxygens (including phenoxy) is 1. The third kappa shape index (κ3) is 3.09. The van der Waals surface area contributed by atoms with Gasteiger partial charge in [-0.1, -0.05) is 12.1 Å². The summed E-state index contributed by atoms with van der Waals surface area (Å²) in [7, 11) is 0. The average Bonchev–Trinajstić information content (AvgIpc) is 3.14. The lowest BCUT2D eigenvalue weighted by Gasteiger charge is -2.09. The van der Waals surface area contributed by atoms with Gasteiger partial charge in [-0.15, -0.1) is 11.3 Å². The maximum absolute atomic E-state index is 5.98. The highest BCUT2D eigenvalue weighted by Gasteiger charge is 2.14. The topological polar surface area (TPSA) is 47.3 Å². The summed E-state index contributed by atoms with van der Waals surface area (Å²) >= 11 is 1.61. The SMILES string of the molecule is CCOc1cccc2cc([C@@H](C)NCc3cscn3)oc12. The van der Waals surface area contributed by atoms with Crippen molar-refractivity contribution in [3.05, 3.63) is 46.6 Å². The molecule has 2 aromatic heterocycles. The molecule has 3 aromatic rings. The minimum absolute atomic E-state index is 0.119. The second-order valence-corrected chi connectivity index (χ2v) is 5.56. The van der Waals surface area contributed by atoms with Gasteiger partial charge in [0.25, 0.3) is 0 Å². The van der Waals surface area contributed by atoms with Gasteiger partial charge < -0.3 is 14.5 Å². The maximum atomic E-state index is 5.98. The molecule has 0 unspecified atom stereocenters. The zero-order valence-corrected chi connectivity index (χ0v) is 12.9. The summed E-state index contributed by atoms with van der Waals surface area (Å²) < 4.78 is 11.6. The third-order valence-corrected chi connectivity index (χ3v) is 3.96. The molecule has 0 aliphatic heterocycles. The number of para-hydroxylation sites is 1. The van der Waals surface area contributed by atoms with E-state index in [-0.39, 0.29) is 6.04 Å². The first kappa shape index (κ1) is 14.1. The van der Waals surface area contributed by atoms with Gasteiger partial charge in [0.2, 0.25) is 0 Å². The van der Waals surface area contributed by atoms with Crippen LogP contribution in [-0.2, 0) is 6.54 Å². The summed E-state index contributed by atoms with van der Waals surface area (Å²) in [5, 5.41) is 6.54. The van der Waals surface area contributed by atoms with Gasteiger partial charge in [0, 0.05) is 17.3 Å². The molecule has 4 nitrogen and oxygen atoms in total. The molecule has 1 aromatic carbocycles. The van der Waals surface area contributed by atoms with E-state index in [2.05, 4.69) is 23.3 Å². The molecule has 0 aliphatic rings. The molecular weight excluding hydrogens is 284 g/mol. The normalized spacial score (nSPS) is 12.7. The highest BCUT2D eigenvalue weighted by molar-refractivity contribution is 7.07. The molecule has 1 atom stereocenters. The summed E-state index contributed by atoms with van der Waals surface area (Å²) in [6.07, 6.45) is 0. The lowest BCUT2D eigenvalue weighted by atomic mass is 10.2. The highest BCUT2D eigenvalue weighted by Crippen LogP contribution is 2.31. The van der Waals surface area contributed by atoms with E-state index < -0.39 is 0 Å². The van der Waals surface area contributed by atoms with E-state index in [4.69, 9.17) is 9.15 Å². The van der Waals surface area contributed by atoms with E-state index in [0.29, 0.717) is 6.61 Å². The maximum Gasteiger partial charge on any atom is 0.176 e. The number of nitrogens with zero attached hydrogens (tertiary/aromatic N) is 1. The Morgan fingerprint density at radius 3 is 3.10 bits per heavy atom. The molecule has 5 heteroatoms. The van der Waals surface area contributed by atoms with Crippen LogP contribution in [0, 0.1) is 0 Å². The van der Waals surface area contributed by atoms with Crippen molar-refractivity contribution in [2.24, 2.45) is 0 Å². The van der Waals surface area contributed by atoms with Crippen molar-refractivity contribution in [3.8, 4) is 5.75 Å². The monoisotopic (exact) mass is 302 g/mol. The number of benzene rings is 1. The van der Waals surface area contributed by atoms with Gasteiger partial charge in [0.15, 0.2) is 11.3 Å². The molecule has 0 fully saturated rings. The van der Waals surface area contributed by atoms with Crippen LogP contribution in [0.4, 0.5) is 0 Å². The van der Waals surface area contributed by atoms with Crippen LogP contribution in [-0.4, -0.2) is 11.6 Å². The first-order valence-electron chi connectivity index (χ1n) is 7.03. The standard InChI is InChI=1S/C16H18N2O2S/c1-3-19-14-6-4-5-12-7-15(20-16(12)14)11(2)17-8-13-9-21-10-18-13/h4-7,9-11,17H,3,8H2,1-2H3/t11-/m1/s1. The van der Waals surface area contributed by atoms with Crippen molar-refractivity contribution in [1.82, 2.24) is 10.3 Å². The van der Waals surface area contributed by atoms with Gasteiger partial charge in [-0.25, -0.2) is 4.98 Å². The number of thiazole rings is 1.